The Labute approximate surface area is 162 Å². The molecule has 1 N–H and O–H groups in total. The van der Waals surface area contributed by atoms with E-state index in [4.69, 9.17) is 4.74 Å². The maximum Gasteiger partial charge on any atom is 0.261 e. The molecule has 0 saturated heterocycles. The van der Waals surface area contributed by atoms with Gasteiger partial charge in [-0.3, -0.25) is 4.79 Å². The minimum Gasteiger partial charge on any atom is -0.488 e. The highest BCUT2D eigenvalue weighted by Gasteiger charge is 2.11. The monoisotopic (exact) mass is 412 g/mol. The summed E-state index contributed by atoms with van der Waals surface area (Å²) in [7, 11) is 0. The predicted octanol–water partition coefficient (Wildman–Crippen LogP) is 4.85. The minimum atomic E-state index is -0.366. The van der Waals surface area contributed by atoms with Crippen molar-refractivity contribution in [1.82, 2.24) is 5.32 Å². The Balaban J connectivity index is 2.19. The summed E-state index contributed by atoms with van der Waals surface area (Å²) in [6, 6.07) is 17.3. The molecule has 0 bridgehead atoms. The molecular weight excluding hydrogens is 392 g/mol. The third-order valence-corrected chi connectivity index (χ3v) is 4.18. The first-order valence-electron chi connectivity index (χ1n) is 8.50. The van der Waals surface area contributed by atoms with Gasteiger partial charge in [0.05, 0.1) is 0 Å². The lowest BCUT2D eigenvalue weighted by Crippen LogP contribution is -2.25. The fraction of sp³-hybridized carbons (Fsp3) is 0.238. The molecule has 0 fully saturated rings. The minimum absolute atomic E-state index is 0.0590. The smallest absolute Gasteiger partial charge is 0.261 e. The van der Waals surface area contributed by atoms with Gasteiger partial charge in [0.25, 0.3) is 5.91 Å². The van der Waals surface area contributed by atoms with E-state index < -0.39 is 0 Å². The number of carbonyl (C=O) groups is 1. The Morgan fingerprint density at radius 2 is 2.04 bits per heavy atom. The first-order chi connectivity index (χ1) is 12.6. The van der Waals surface area contributed by atoms with Gasteiger partial charge in [0.15, 0.2) is 0 Å². The summed E-state index contributed by atoms with van der Waals surface area (Å²) in [5, 5.41) is 12.1. The van der Waals surface area contributed by atoms with Crippen LogP contribution in [-0.4, -0.2) is 12.5 Å². The summed E-state index contributed by atoms with van der Waals surface area (Å²) in [6.45, 7) is 3.02. The Kier molecular flexibility index (Phi) is 7.91. The number of carbonyl (C=O) groups excluding carboxylic acids is 1. The van der Waals surface area contributed by atoms with Crippen LogP contribution in [0, 0.1) is 11.3 Å². The summed E-state index contributed by atoms with van der Waals surface area (Å²) in [5.41, 5.74) is 1.78. The molecule has 26 heavy (non-hydrogen) atoms. The highest BCUT2D eigenvalue weighted by molar-refractivity contribution is 9.10. The summed E-state index contributed by atoms with van der Waals surface area (Å²) in [4.78, 5) is 12.2. The molecule has 134 valence electrons. The number of nitrogens with one attached hydrogen (secondary N) is 1. The number of hydrogen-bond donors (Lipinski definition) is 1. The molecule has 4 nitrogen and oxygen atoms in total. The molecule has 0 spiro atoms. The highest BCUT2D eigenvalue weighted by atomic mass is 79.9. The number of nitrogens with zero attached hydrogens (tertiary/aromatic N) is 1. The van der Waals surface area contributed by atoms with E-state index >= 15 is 0 Å². The molecule has 2 aromatic rings. The molecule has 0 aliphatic heterocycles. The number of unbranched alkanes of at least 4 members (excludes halogenated alkanes) is 1. The van der Waals surface area contributed by atoms with Gasteiger partial charge >= 0.3 is 0 Å². The van der Waals surface area contributed by atoms with Crippen molar-refractivity contribution in [2.24, 2.45) is 0 Å². The van der Waals surface area contributed by atoms with E-state index in [-0.39, 0.29) is 11.5 Å². The molecular formula is C21H21BrN2O2. The van der Waals surface area contributed by atoms with Gasteiger partial charge in [-0.05, 0) is 36.3 Å². The third kappa shape index (κ3) is 6.05. The third-order valence-electron chi connectivity index (χ3n) is 3.69. The Morgan fingerprint density at radius 3 is 2.73 bits per heavy atom. The van der Waals surface area contributed by atoms with Crippen LogP contribution in [0.25, 0.3) is 6.08 Å². The van der Waals surface area contributed by atoms with Crippen molar-refractivity contribution in [2.45, 2.75) is 26.4 Å². The second-order valence-corrected chi connectivity index (χ2v) is 6.65. The van der Waals surface area contributed by atoms with Gasteiger partial charge in [0, 0.05) is 16.6 Å². The fourth-order valence-electron chi connectivity index (χ4n) is 2.28. The van der Waals surface area contributed by atoms with Crippen LogP contribution in [0.5, 0.6) is 5.75 Å². The maximum atomic E-state index is 12.2. The van der Waals surface area contributed by atoms with Gasteiger partial charge in [-0.25, -0.2) is 0 Å². The van der Waals surface area contributed by atoms with Crippen LogP contribution in [0.2, 0.25) is 0 Å². The van der Waals surface area contributed by atoms with E-state index in [9.17, 15) is 10.1 Å². The first kappa shape index (κ1) is 19.7. The maximum absolute atomic E-state index is 12.2. The molecule has 0 atom stereocenters. The highest BCUT2D eigenvalue weighted by Crippen LogP contribution is 2.26. The molecule has 0 radical (unpaired) electrons. The molecule has 1 amide bonds. The zero-order chi connectivity index (χ0) is 18.8. The predicted molar refractivity (Wildman–Crippen MR) is 106 cm³/mol. The van der Waals surface area contributed by atoms with E-state index in [1.165, 1.54) is 0 Å². The topological polar surface area (TPSA) is 62.1 Å². The van der Waals surface area contributed by atoms with Crippen molar-refractivity contribution in [1.29, 1.82) is 5.26 Å². The molecule has 0 aromatic heterocycles. The summed E-state index contributed by atoms with van der Waals surface area (Å²) in [5.74, 6) is 0.251. The van der Waals surface area contributed by atoms with Gasteiger partial charge < -0.3 is 10.1 Å². The fourth-order valence-corrected chi connectivity index (χ4v) is 2.66. The zero-order valence-electron chi connectivity index (χ0n) is 14.7. The van der Waals surface area contributed by atoms with Crippen LogP contribution in [0.3, 0.4) is 0 Å². The van der Waals surface area contributed by atoms with E-state index in [1.54, 1.807) is 6.08 Å². The lowest BCUT2D eigenvalue weighted by Gasteiger charge is -2.11. The SMILES string of the molecule is CCCCNC(=O)/C(C#N)=C/c1cc(Br)ccc1OCc1ccccc1. The summed E-state index contributed by atoms with van der Waals surface area (Å²) in [6.07, 6.45) is 3.42. The zero-order valence-corrected chi connectivity index (χ0v) is 16.3. The second-order valence-electron chi connectivity index (χ2n) is 5.74. The van der Waals surface area contributed by atoms with Gasteiger partial charge in [0.1, 0.15) is 24.0 Å². The van der Waals surface area contributed by atoms with Crippen LogP contribution in [-0.2, 0) is 11.4 Å². The number of hydrogen-bond acceptors (Lipinski definition) is 3. The van der Waals surface area contributed by atoms with E-state index in [0.717, 1.165) is 22.9 Å². The van der Waals surface area contributed by atoms with Crippen molar-refractivity contribution in [2.75, 3.05) is 6.54 Å². The molecule has 2 rings (SSSR count). The van der Waals surface area contributed by atoms with Gasteiger partial charge in [0.2, 0.25) is 0 Å². The van der Waals surface area contributed by atoms with Crippen LogP contribution in [0.1, 0.15) is 30.9 Å². The van der Waals surface area contributed by atoms with Crippen molar-refractivity contribution in [3.05, 3.63) is 69.7 Å². The lowest BCUT2D eigenvalue weighted by atomic mass is 10.1. The number of nitriles is 1. The van der Waals surface area contributed by atoms with Gasteiger partial charge in [-0.15, -0.1) is 0 Å². The Hall–Kier alpha value is -2.58. The Morgan fingerprint density at radius 1 is 1.27 bits per heavy atom. The first-order valence-corrected chi connectivity index (χ1v) is 9.29. The molecule has 0 aliphatic rings. The molecule has 0 heterocycles. The van der Waals surface area contributed by atoms with Gasteiger partial charge in [-0.2, -0.15) is 5.26 Å². The van der Waals surface area contributed by atoms with Crippen molar-refractivity contribution < 1.29 is 9.53 Å². The summed E-state index contributed by atoms with van der Waals surface area (Å²) >= 11 is 3.42. The van der Waals surface area contributed by atoms with Crippen molar-refractivity contribution >= 4 is 27.9 Å². The molecule has 0 aliphatic carbocycles. The van der Waals surface area contributed by atoms with Crippen LogP contribution < -0.4 is 10.1 Å². The van der Waals surface area contributed by atoms with Crippen LogP contribution >= 0.6 is 15.9 Å². The van der Waals surface area contributed by atoms with Crippen molar-refractivity contribution in [3.63, 3.8) is 0 Å². The normalized spacial score (nSPS) is 10.9. The average molecular weight is 413 g/mol. The molecule has 0 saturated carbocycles. The molecule has 5 heteroatoms. The van der Waals surface area contributed by atoms with Gasteiger partial charge in [-0.1, -0.05) is 59.6 Å². The van der Waals surface area contributed by atoms with Crippen LogP contribution in [0.15, 0.2) is 58.6 Å². The largest absolute Gasteiger partial charge is 0.488 e. The lowest BCUT2D eigenvalue weighted by molar-refractivity contribution is -0.117. The number of amides is 1. The molecule has 2 aromatic carbocycles. The number of rotatable bonds is 8. The van der Waals surface area contributed by atoms with E-state index in [1.807, 2.05) is 61.5 Å². The standard InChI is InChI=1S/C21H21BrN2O2/c1-2-3-11-24-21(25)18(14-23)12-17-13-19(22)9-10-20(17)26-15-16-7-5-4-6-8-16/h4-10,12-13H,2-3,11,15H2,1H3,(H,24,25)/b18-12+. The van der Waals surface area contributed by atoms with Crippen LogP contribution in [0.4, 0.5) is 0 Å². The average Bonchev–Trinajstić information content (AvgIpc) is 2.66. The number of benzene rings is 2. The van der Waals surface area contributed by atoms with E-state index in [0.29, 0.717) is 24.5 Å². The molecule has 0 unspecified atom stereocenters. The number of ether oxygens (including phenoxy) is 1. The van der Waals surface area contributed by atoms with Crippen molar-refractivity contribution in [3.8, 4) is 11.8 Å². The number of halogens is 1. The quantitative estimate of drug-likeness (QED) is 0.382. The Bertz CT molecular complexity index is 811. The summed E-state index contributed by atoms with van der Waals surface area (Å²) < 4.78 is 6.74. The second kappa shape index (κ2) is 10.4. The van der Waals surface area contributed by atoms with E-state index in [2.05, 4.69) is 21.2 Å².